The Kier molecular flexibility index (Phi) is 8.25. The number of allylic oxidation sites excluding steroid dienone is 1. The fourth-order valence-electron chi connectivity index (χ4n) is 2.30. The van der Waals surface area contributed by atoms with Gasteiger partial charge in [-0.2, -0.15) is 0 Å². The fraction of sp³-hybridized carbons (Fsp3) is 0.471. The summed E-state index contributed by atoms with van der Waals surface area (Å²) < 4.78 is 0. The molecule has 0 spiro atoms. The van der Waals surface area contributed by atoms with E-state index in [1.807, 2.05) is 36.4 Å². The lowest BCUT2D eigenvalue weighted by Crippen LogP contribution is -2.48. The molecule has 0 aliphatic heterocycles. The van der Waals surface area contributed by atoms with Crippen LogP contribution in [0.15, 0.2) is 43.0 Å². The molecule has 1 rings (SSSR count). The monoisotopic (exact) mass is 306 g/mol. The zero-order chi connectivity index (χ0) is 16.4. The first kappa shape index (κ1) is 18.2. The summed E-state index contributed by atoms with van der Waals surface area (Å²) >= 11 is 0. The molecule has 1 amide bonds. The Morgan fingerprint density at radius 2 is 2.00 bits per heavy atom. The maximum Gasteiger partial charge on any atom is 0.404 e. The molecule has 0 saturated heterocycles. The van der Waals surface area contributed by atoms with E-state index in [0.29, 0.717) is 18.9 Å². The Hall–Kier alpha value is -1.85. The quantitative estimate of drug-likeness (QED) is 0.499. The van der Waals surface area contributed by atoms with Crippen LogP contribution < -0.4 is 10.6 Å². The largest absolute Gasteiger partial charge is 0.465 e. The maximum atomic E-state index is 10.9. The van der Waals surface area contributed by atoms with Gasteiger partial charge in [-0.25, -0.2) is 4.79 Å². The first-order valence-electron chi connectivity index (χ1n) is 7.56. The summed E-state index contributed by atoms with van der Waals surface area (Å²) in [6.45, 7) is 6.90. The summed E-state index contributed by atoms with van der Waals surface area (Å²) in [5, 5.41) is 24.8. The highest BCUT2D eigenvalue weighted by atomic mass is 16.4. The van der Waals surface area contributed by atoms with Crippen LogP contribution in [0.4, 0.5) is 4.79 Å². The van der Waals surface area contributed by atoms with Gasteiger partial charge in [-0.3, -0.25) is 0 Å². The second-order valence-corrected chi connectivity index (χ2v) is 5.60. The minimum absolute atomic E-state index is 0.346. The van der Waals surface area contributed by atoms with Gasteiger partial charge in [-0.15, -0.1) is 6.58 Å². The summed E-state index contributed by atoms with van der Waals surface area (Å²) in [5.41, 5.74) is 0.986. The molecular formula is C17H26N2O3. The molecule has 5 nitrogen and oxygen atoms in total. The van der Waals surface area contributed by atoms with E-state index in [9.17, 15) is 9.90 Å². The molecule has 0 saturated carbocycles. The Morgan fingerprint density at radius 3 is 2.59 bits per heavy atom. The number of amides is 1. The molecule has 0 aromatic heterocycles. The number of nitrogens with one attached hydrogen (secondary N) is 2. The number of benzene rings is 1. The van der Waals surface area contributed by atoms with Gasteiger partial charge in [0.05, 0.1) is 12.1 Å². The molecule has 0 aliphatic rings. The second-order valence-electron chi connectivity index (χ2n) is 5.60. The van der Waals surface area contributed by atoms with Crippen LogP contribution in [0.1, 0.15) is 18.9 Å². The Bertz CT molecular complexity index is 450. The molecule has 5 heteroatoms. The van der Waals surface area contributed by atoms with Gasteiger partial charge in [0.1, 0.15) is 0 Å². The molecular weight excluding hydrogens is 280 g/mol. The lowest BCUT2D eigenvalue weighted by Gasteiger charge is -2.24. The number of hydrogen-bond acceptors (Lipinski definition) is 3. The average Bonchev–Trinajstić information content (AvgIpc) is 2.47. The molecule has 0 heterocycles. The third-order valence-electron chi connectivity index (χ3n) is 3.49. The van der Waals surface area contributed by atoms with E-state index < -0.39 is 18.2 Å². The van der Waals surface area contributed by atoms with Gasteiger partial charge in [0.15, 0.2) is 0 Å². The molecule has 0 aliphatic carbocycles. The highest BCUT2D eigenvalue weighted by Gasteiger charge is 2.21. The zero-order valence-corrected chi connectivity index (χ0v) is 13.0. The zero-order valence-electron chi connectivity index (χ0n) is 13.0. The number of rotatable bonds is 10. The SMILES string of the molecule is C=CCC(C)CNC[C@@H](O)[C@H](Cc1ccccc1)NC(=O)O. The standard InChI is InChI=1S/C17H26N2O3/c1-3-7-13(2)11-18-12-16(20)15(19-17(21)22)10-14-8-5-4-6-9-14/h3-6,8-9,13,15-16,18-20H,1,7,10-12H2,2H3,(H,21,22)/t13?,15-,16+/m0/s1. The van der Waals surface area contributed by atoms with Crippen LogP contribution in [0.2, 0.25) is 0 Å². The lowest BCUT2D eigenvalue weighted by molar-refractivity contribution is 0.117. The van der Waals surface area contributed by atoms with Crippen LogP contribution in [0.25, 0.3) is 0 Å². The van der Waals surface area contributed by atoms with E-state index in [-0.39, 0.29) is 0 Å². The number of hydrogen-bond donors (Lipinski definition) is 4. The van der Waals surface area contributed by atoms with Gasteiger partial charge >= 0.3 is 6.09 Å². The Balaban J connectivity index is 2.51. The summed E-state index contributed by atoms with van der Waals surface area (Å²) in [6.07, 6.45) is 1.32. The Labute approximate surface area is 132 Å². The maximum absolute atomic E-state index is 10.9. The normalized spacial score (nSPS) is 14.8. The summed E-state index contributed by atoms with van der Waals surface area (Å²) in [7, 11) is 0. The minimum Gasteiger partial charge on any atom is -0.465 e. The smallest absolute Gasteiger partial charge is 0.404 e. The van der Waals surface area contributed by atoms with Crippen molar-refractivity contribution in [3.8, 4) is 0 Å². The molecule has 0 radical (unpaired) electrons. The predicted octanol–water partition coefficient (Wildman–Crippen LogP) is 2.03. The van der Waals surface area contributed by atoms with Crippen molar-refractivity contribution in [1.29, 1.82) is 0 Å². The van der Waals surface area contributed by atoms with Crippen molar-refractivity contribution < 1.29 is 15.0 Å². The number of carboxylic acid groups (broad SMARTS) is 1. The van der Waals surface area contributed by atoms with Gasteiger partial charge in [0.25, 0.3) is 0 Å². The van der Waals surface area contributed by atoms with E-state index in [1.54, 1.807) is 0 Å². The molecule has 0 fully saturated rings. The van der Waals surface area contributed by atoms with Crippen molar-refractivity contribution in [2.75, 3.05) is 13.1 Å². The minimum atomic E-state index is -1.12. The highest BCUT2D eigenvalue weighted by Crippen LogP contribution is 2.07. The highest BCUT2D eigenvalue weighted by molar-refractivity contribution is 5.65. The van der Waals surface area contributed by atoms with Crippen molar-refractivity contribution in [1.82, 2.24) is 10.6 Å². The first-order chi connectivity index (χ1) is 10.5. The van der Waals surface area contributed by atoms with E-state index in [1.165, 1.54) is 0 Å². The van der Waals surface area contributed by atoms with E-state index in [2.05, 4.69) is 24.1 Å². The van der Waals surface area contributed by atoms with Crippen molar-refractivity contribution in [3.63, 3.8) is 0 Å². The van der Waals surface area contributed by atoms with Crippen LogP contribution in [-0.2, 0) is 6.42 Å². The Morgan fingerprint density at radius 1 is 1.32 bits per heavy atom. The third kappa shape index (κ3) is 7.24. The van der Waals surface area contributed by atoms with Crippen LogP contribution >= 0.6 is 0 Å². The summed E-state index contributed by atoms with van der Waals surface area (Å²) in [6, 6.07) is 9.00. The molecule has 3 atom stereocenters. The molecule has 4 N–H and O–H groups in total. The molecule has 22 heavy (non-hydrogen) atoms. The summed E-state index contributed by atoms with van der Waals surface area (Å²) in [4.78, 5) is 10.9. The molecule has 1 aromatic rings. The predicted molar refractivity (Wildman–Crippen MR) is 87.9 cm³/mol. The average molecular weight is 306 g/mol. The topological polar surface area (TPSA) is 81.6 Å². The van der Waals surface area contributed by atoms with Gasteiger partial charge in [0.2, 0.25) is 0 Å². The number of aliphatic hydroxyl groups excluding tert-OH is 1. The fourth-order valence-corrected chi connectivity index (χ4v) is 2.30. The molecule has 0 bridgehead atoms. The van der Waals surface area contributed by atoms with E-state index in [0.717, 1.165) is 18.5 Å². The van der Waals surface area contributed by atoms with Gasteiger partial charge < -0.3 is 20.8 Å². The third-order valence-corrected chi connectivity index (χ3v) is 3.49. The van der Waals surface area contributed by atoms with Crippen molar-refractivity contribution in [2.24, 2.45) is 5.92 Å². The van der Waals surface area contributed by atoms with Crippen LogP contribution in [-0.4, -0.2) is 41.5 Å². The first-order valence-corrected chi connectivity index (χ1v) is 7.56. The van der Waals surface area contributed by atoms with Gasteiger partial charge in [-0.1, -0.05) is 43.3 Å². The van der Waals surface area contributed by atoms with E-state index >= 15 is 0 Å². The number of aliphatic hydroxyl groups is 1. The van der Waals surface area contributed by atoms with Crippen molar-refractivity contribution >= 4 is 6.09 Å². The lowest BCUT2D eigenvalue weighted by atomic mass is 10.0. The summed E-state index contributed by atoms with van der Waals surface area (Å²) in [5.74, 6) is 0.435. The second kappa shape index (κ2) is 9.97. The van der Waals surface area contributed by atoms with Crippen LogP contribution in [0.5, 0.6) is 0 Å². The molecule has 122 valence electrons. The molecule has 1 aromatic carbocycles. The van der Waals surface area contributed by atoms with Crippen molar-refractivity contribution in [2.45, 2.75) is 31.9 Å². The van der Waals surface area contributed by atoms with Gasteiger partial charge in [-0.05, 0) is 30.9 Å². The van der Waals surface area contributed by atoms with Gasteiger partial charge in [0, 0.05) is 6.54 Å². The number of carbonyl (C=O) groups is 1. The van der Waals surface area contributed by atoms with E-state index in [4.69, 9.17) is 5.11 Å². The van der Waals surface area contributed by atoms with Crippen LogP contribution in [0, 0.1) is 5.92 Å². The molecule has 1 unspecified atom stereocenters. The van der Waals surface area contributed by atoms with Crippen molar-refractivity contribution in [3.05, 3.63) is 48.6 Å². The van der Waals surface area contributed by atoms with Crippen LogP contribution in [0.3, 0.4) is 0 Å².